The van der Waals surface area contributed by atoms with Gasteiger partial charge in [-0.2, -0.15) is 0 Å². The van der Waals surface area contributed by atoms with E-state index < -0.39 is 0 Å². The van der Waals surface area contributed by atoms with Crippen molar-refractivity contribution in [3.8, 4) is 0 Å². The van der Waals surface area contributed by atoms with Crippen molar-refractivity contribution < 1.29 is 0 Å². The monoisotopic (exact) mass is 229 g/mol. The van der Waals surface area contributed by atoms with Crippen LogP contribution in [-0.2, 0) is 0 Å². The van der Waals surface area contributed by atoms with E-state index in [9.17, 15) is 0 Å². The molecule has 1 aromatic heterocycles. The van der Waals surface area contributed by atoms with Crippen LogP contribution in [0.5, 0.6) is 0 Å². The smallest absolute Gasteiger partial charge is 0.0907 e. The molecule has 17 heavy (non-hydrogen) atoms. The Morgan fingerprint density at radius 3 is 2.71 bits per heavy atom. The predicted molar refractivity (Wildman–Crippen MR) is 72.1 cm³/mol. The lowest BCUT2D eigenvalue weighted by Gasteiger charge is -2.14. The second-order valence-corrected chi connectivity index (χ2v) is 4.45. The first-order valence-electron chi connectivity index (χ1n) is 6.27. The first-order valence-corrected chi connectivity index (χ1v) is 6.27. The van der Waals surface area contributed by atoms with Crippen molar-refractivity contribution >= 4 is 16.7 Å². The molecule has 0 saturated carbocycles. The Bertz CT molecular complexity index is 482. The standard InChI is InChI=1S/C14H19N3/c1-3-4-5-11(2)17-12-6-7-13-14(10-12)16-9-8-15-13/h6-11,17H,3-5H2,1-2H3. The molecule has 2 rings (SSSR count). The van der Waals surface area contributed by atoms with Crippen molar-refractivity contribution in [3.63, 3.8) is 0 Å². The Kier molecular flexibility index (Phi) is 3.91. The molecule has 2 aromatic rings. The van der Waals surface area contributed by atoms with Crippen LogP contribution in [0.2, 0.25) is 0 Å². The second kappa shape index (κ2) is 5.62. The Balaban J connectivity index is 2.08. The van der Waals surface area contributed by atoms with E-state index in [1.807, 2.05) is 6.07 Å². The maximum atomic E-state index is 4.31. The van der Waals surface area contributed by atoms with Gasteiger partial charge in [-0.05, 0) is 31.5 Å². The summed E-state index contributed by atoms with van der Waals surface area (Å²) in [5.41, 5.74) is 3.01. The van der Waals surface area contributed by atoms with Gasteiger partial charge >= 0.3 is 0 Å². The van der Waals surface area contributed by atoms with Crippen molar-refractivity contribution in [3.05, 3.63) is 30.6 Å². The molecule has 3 nitrogen and oxygen atoms in total. The number of nitrogens with zero attached hydrogens (tertiary/aromatic N) is 2. The summed E-state index contributed by atoms with van der Waals surface area (Å²) in [6.45, 7) is 4.44. The van der Waals surface area contributed by atoms with Crippen LogP contribution in [0.15, 0.2) is 30.6 Å². The van der Waals surface area contributed by atoms with Gasteiger partial charge < -0.3 is 5.32 Å². The van der Waals surface area contributed by atoms with Gasteiger partial charge in [-0.15, -0.1) is 0 Å². The zero-order valence-corrected chi connectivity index (χ0v) is 10.5. The van der Waals surface area contributed by atoms with Gasteiger partial charge in [0.05, 0.1) is 11.0 Å². The Hall–Kier alpha value is -1.64. The van der Waals surface area contributed by atoms with E-state index in [1.165, 1.54) is 19.3 Å². The summed E-state index contributed by atoms with van der Waals surface area (Å²) in [7, 11) is 0. The molecule has 1 N–H and O–H groups in total. The van der Waals surface area contributed by atoms with E-state index in [0.717, 1.165) is 16.7 Å². The number of hydrogen-bond donors (Lipinski definition) is 1. The fraction of sp³-hybridized carbons (Fsp3) is 0.429. The summed E-state index contributed by atoms with van der Waals surface area (Å²) in [5, 5.41) is 3.50. The first-order chi connectivity index (χ1) is 8.29. The molecule has 0 radical (unpaired) electrons. The molecule has 0 aliphatic heterocycles. The summed E-state index contributed by atoms with van der Waals surface area (Å²) < 4.78 is 0. The van der Waals surface area contributed by atoms with E-state index in [4.69, 9.17) is 0 Å². The summed E-state index contributed by atoms with van der Waals surface area (Å²) in [6, 6.07) is 6.64. The maximum absolute atomic E-state index is 4.31. The summed E-state index contributed by atoms with van der Waals surface area (Å²) in [4.78, 5) is 8.57. The fourth-order valence-corrected chi connectivity index (χ4v) is 1.92. The normalized spacial score (nSPS) is 12.6. The van der Waals surface area contributed by atoms with Crippen molar-refractivity contribution in [1.82, 2.24) is 9.97 Å². The minimum atomic E-state index is 0.504. The van der Waals surface area contributed by atoms with Crippen molar-refractivity contribution in [1.29, 1.82) is 0 Å². The molecule has 1 unspecified atom stereocenters. The minimum absolute atomic E-state index is 0.504. The fourth-order valence-electron chi connectivity index (χ4n) is 1.92. The molecule has 1 atom stereocenters. The molecule has 0 aliphatic carbocycles. The molecule has 90 valence electrons. The van der Waals surface area contributed by atoms with Gasteiger partial charge in [0.15, 0.2) is 0 Å². The van der Waals surface area contributed by atoms with Crippen LogP contribution < -0.4 is 5.32 Å². The SMILES string of the molecule is CCCCC(C)Nc1ccc2nccnc2c1. The molecule has 0 saturated heterocycles. The topological polar surface area (TPSA) is 37.8 Å². The molecular formula is C14H19N3. The van der Waals surface area contributed by atoms with Gasteiger partial charge in [0, 0.05) is 24.1 Å². The van der Waals surface area contributed by atoms with Crippen LogP contribution in [0.3, 0.4) is 0 Å². The molecule has 0 aliphatic rings. The number of benzene rings is 1. The maximum Gasteiger partial charge on any atom is 0.0907 e. The summed E-state index contributed by atoms with van der Waals surface area (Å²) in [6.07, 6.45) is 7.16. The van der Waals surface area contributed by atoms with Crippen LogP contribution in [0.4, 0.5) is 5.69 Å². The summed E-state index contributed by atoms with van der Waals surface area (Å²) >= 11 is 0. The number of fused-ring (bicyclic) bond motifs is 1. The van der Waals surface area contributed by atoms with Crippen LogP contribution >= 0.6 is 0 Å². The van der Waals surface area contributed by atoms with Crippen molar-refractivity contribution in [2.75, 3.05) is 5.32 Å². The molecule has 1 aromatic carbocycles. The number of anilines is 1. The largest absolute Gasteiger partial charge is 0.383 e. The van der Waals surface area contributed by atoms with Crippen LogP contribution in [0.25, 0.3) is 11.0 Å². The number of aromatic nitrogens is 2. The lowest BCUT2D eigenvalue weighted by atomic mass is 10.1. The molecule has 0 bridgehead atoms. The van der Waals surface area contributed by atoms with E-state index in [2.05, 4.69) is 41.3 Å². The number of nitrogens with one attached hydrogen (secondary N) is 1. The van der Waals surface area contributed by atoms with Crippen molar-refractivity contribution in [2.24, 2.45) is 0 Å². The van der Waals surface area contributed by atoms with Crippen LogP contribution in [0.1, 0.15) is 33.1 Å². The van der Waals surface area contributed by atoms with Gasteiger partial charge in [0.25, 0.3) is 0 Å². The van der Waals surface area contributed by atoms with Gasteiger partial charge in [0.1, 0.15) is 0 Å². The van der Waals surface area contributed by atoms with E-state index in [1.54, 1.807) is 12.4 Å². The third-order valence-electron chi connectivity index (χ3n) is 2.87. The molecular weight excluding hydrogens is 210 g/mol. The number of unbranched alkanes of at least 4 members (excludes halogenated alkanes) is 1. The van der Waals surface area contributed by atoms with Gasteiger partial charge in [-0.3, -0.25) is 9.97 Å². The van der Waals surface area contributed by atoms with Crippen LogP contribution in [-0.4, -0.2) is 16.0 Å². The highest BCUT2D eigenvalue weighted by molar-refractivity contribution is 5.78. The highest BCUT2D eigenvalue weighted by Crippen LogP contribution is 2.16. The lowest BCUT2D eigenvalue weighted by molar-refractivity contribution is 0.645. The molecule has 0 amide bonds. The Morgan fingerprint density at radius 1 is 1.18 bits per heavy atom. The quantitative estimate of drug-likeness (QED) is 0.851. The second-order valence-electron chi connectivity index (χ2n) is 4.45. The van der Waals surface area contributed by atoms with E-state index in [0.29, 0.717) is 6.04 Å². The highest BCUT2D eigenvalue weighted by Gasteiger charge is 2.02. The highest BCUT2D eigenvalue weighted by atomic mass is 14.9. The predicted octanol–water partition coefficient (Wildman–Crippen LogP) is 3.62. The first kappa shape index (κ1) is 11.8. The van der Waals surface area contributed by atoms with Gasteiger partial charge in [-0.1, -0.05) is 19.8 Å². The third-order valence-corrected chi connectivity index (χ3v) is 2.87. The average molecular weight is 229 g/mol. The third kappa shape index (κ3) is 3.16. The molecule has 0 spiro atoms. The zero-order chi connectivity index (χ0) is 12.1. The lowest BCUT2D eigenvalue weighted by Crippen LogP contribution is -2.14. The van der Waals surface area contributed by atoms with Gasteiger partial charge in [-0.25, -0.2) is 0 Å². The minimum Gasteiger partial charge on any atom is -0.383 e. The average Bonchev–Trinajstić information content (AvgIpc) is 2.36. The molecule has 1 heterocycles. The Labute approximate surface area is 102 Å². The zero-order valence-electron chi connectivity index (χ0n) is 10.5. The van der Waals surface area contributed by atoms with E-state index in [-0.39, 0.29) is 0 Å². The molecule has 0 fully saturated rings. The van der Waals surface area contributed by atoms with Gasteiger partial charge in [0.2, 0.25) is 0 Å². The van der Waals surface area contributed by atoms with Crippen molar-refractivity contribution in [2.45, 2.75) is 39.2 Å². The number of rotatable bonds is 5. The summed E-state index contributed by atoms with van der Waals surface area (Å²) in [5.74, 6) is 0. The number of hydrogen-bond acceptors (Lipinski definition) is 3. The Morgan fingerprint density at radius 2 is 1.94 bits per heavy atom. The van der Waals surface area contributed by atoms with Crippen LogP contribution in [0, 0.1) is 0 Å². The molecule has 3 heteroatoms. The van der Waals surface area contributed by atoms with E-state index >= 15 is 0 Å².